The Hall–Kier alpha value is -0.790. The molecule has 0 aliphatic carbocycles. The summed E-state index contributed by atoms with van der Waals surface area (Å²) in [6.45, 7) is 6.39. The zero-order valence-electron chi connectivity index (χ0n) is 8.08. The van der Waals surface area contributed by atoms with Gasteiger partial charge in [0.25, 0.3) is 0 Å². The average molecular weight is 170 g/mol. The van der Waals surface area contributed by atoms with Crippen LogP contribution < -0.4 is 0 Å². The van der Waals surface area contributed by atoms with Gasteiger partial charge in [-0.05, 0) is 18.3 Å². The Morgan fingerprint density at radius 2 is 1.92 bits per heavy atom. The van der Waals surface area contributed by atoms with Crippen LogP contribution in [0.4, 0.5) is 0 Å². The normalized spacial score (nSPS) is 14.0. The minimum Gasteiger partial charge on any atom is -0.478 e. The summed E-state index contributed by atoms with van der Waals surface area (Å²) in [5, 5.41) is 8.35. The Morgan fingerprint density at radius 3 is 2.33 bits per heavy atom. The van der Waals surface area contributed by atoms with Gasteiger partial charge in [-0.3, -0.25) is 0 Å². The smallest absolute Gasteiger partial charge is 0.327 e. The van der Waals surface area contributed by atoms with Crippen molar-refractivity contribution in [1.82, 2.24) is 0 Å². The number of carboxylic acid groups (broad SMARTS) is 1. The van der Waals surface area contributed by atoms with Crippen molar-refractivity contribution in [3.05, 3.63) is 12.2 Å². The minimum absolute atomic E-state index is 0.378. The second kappa shape index (κ2) is 5.81. The van der Waals surface area contributed by atoms with Gasteiger partial charge < -0.3 is 5.11 Å². The molecule has 12 heavy (non-hydrogen) atoms. The SMILES string of the molecule is CC(C)CCC(C)C=CC(=O)O. The molecule has 0 aromatic heterocycles. The molecule has 0 heterocycles. The van der Waals surface area contributed by atoms with E-state index in [0.717, 1.165) is 12.8 Å². The van der Waals surface area contributed by atoms with Gasteiger partial charge in [0.05, 0.1) is 0 Å². The van der Waals surface area contributed by atoms with Gasteiger partial charge in [-0.2, -0.15) is 0 Å². The molecule has 0 radical (unpaired) electrons. The number of hydrogen-bond donors (Lipinski definition) is 1. The summed E-state index contributed by atoms with van der Waals surface area (Å²) in [4.78, 5) is 10.2. The highest BCUT2D eigenvalue weighted by Gasteiger charge is 2.00. The van der Waals surface area contributed by atoms with Crippen LogP contribution in [0, 0.1) is 11.8 Å². The third-order valence-corrected chi connectivity index (χ3v) is 1.77. The van der Waals surface area contributed by atoms with Crippen LogP contribution in [0.1, 0.15) is 33.6 Å². The summed E-state index contributed by atoms with van der Waals surface area (Å²) in [5.41, 5.74) is 0. The zero-order chi connectivity index (χ0) is 9.56. The Bertz CT molecular complexity index is 159. The van der Waals surface area contributed by atoms with Gasteiger partial charge >= 0.3 is 5.97 Å². The quantitative estimate of drug-likeness (QED) is 0.644. The molecular weight excluding hydrogens is 152 g/mol. The lowest BCUT2D eigenvalue weighted by atomic mass is 9.99. The first-order valence-electron chi connectivity index (χ1n) is 4.43. The van der Waals surface area contributed by atoms with Crippen molar-refractivity contribution >= 4 is 5.97 Å². The van der Waals surface area contributed by atoms with E-state index in [2.05, 4.69) is 13.8 Å². The average Bonchev–Trinajstić information content (AvgIpc) is 1.96. The van der Waals surface area contributed by atoms with E-state index in [9.17, 15) is 4.79 Å². The van der Waals surface area contributed by atoms with Gasteiger partial charge in [0, 0.05) is 6.08 Å². The number of carboxylic acids is 1. The summed E-state index contributed by atoms with van der Waals surface area (Å²) in [7, 11) is 0. The van der Waals surface area contributed by atoms with Crippen LogP contribution in [0.25, 0.3) is 0 Å². The maximum absolute atomic E-state index is 10.2. The second-order valence-electron chi connectivity index (χ2n) is 3.65. The molecule has 0 aromatic rings. The molecule has 0 bridgehead atoms. The molecule has 0 aliphatic heterocycles. The summed E-state index contributed by atoms with van der Waals surface area (Å²) in [5.74, 6) is 0.223. The monoisotopic (exact) mass is 170 g/mol. The number of carbonyl (C=O) groups is 1. The third kappa shape index (κ3) is 7.32. The molecule has 0 spiro atoms. The summed E-state index contributed by atoms with van der Waals surface area (Å²) in [6.07, 6.45) is 5.21. The largest absolute Gasteiger partial charge is 0.478 e. The third-order valence-electron chi connectivity index (χ3n) is 1.77. The van der Waals surface area contributed by atoms with Crippen molar-refractivity contribution in [2.45, 2.75) is 33.6 Å². The Balaban J connectivity index is 3.59. The lowest BCUT2D eigenvalue weighted by Crippen LogP contribution is -1.96. The van der Waals surface area contributed by atoms with E-state index in [1.807, 2.05) is 6.92 Å². The fraction of sp³-hybridized carbons (Fsp3) is 0.700. The number of allylic oxidation sites excluding steroid dienone is 1. The van der Waals surface area contributed by atoms with Crippen LogP contribution in [-0.4, -0.2) is 11.1 Å². The Morgan fingerprint density at radius 1 is 1.33 bits per heavy atom. The molecule has 2 heteroatoms. The van der Waals surface area contributed by atoms with Crippen molar-refractivity contribution in [1.29, 1.82) is 0 Å². The predicted octanol–water partition coefficient (Wildman–Crippen LogP) is 2.70. The first kappa shape index (κ1) is 11.2. The van der Waals surface area contributed by atoms with E-state index in [1.54, 1.807) is 6.08 Å². The second-order valence-corrected chi connectivity index (χ2v) is 3.65. The van der Waals surface area contributed by atoms with Crippen molar-refractivity contribution in [3.8, 4) is 0 Å². The van der Waals surface area contributed by atoms with Crippen LogP contribution >= 0.6 is 0 Å². The first-order chi connectivity index (χ1) is 5.52. The topological polar surface area (TPSA) is 37.3 Å². The lowest BCUT2D eigenvalue weighted by molar-refractivity contribution is -0.131. The molecule has 1 N–H and O–H groups in total. The lowest BCUT2D eigenvalue weighted by Gasteiger charge is -2.07. The van der Waals surface area contributed by atoms with Gasteiger partial charge in [-0.25, -0.2) is 4.79 Å². The van der Waals surface area contributed by atoms with Crippen LogP contribution in [0.2, 0.25) is 0 Å². The maximum Gasteiger partial charge on any atom is 0.327 e. The van der Waals surface area contributed by atoms with Gasteiger partial charge in [0.2, 0.25) is 0 Å². The summed E-state index contributed by atoms with van der Waals surface area (Å²) in [6, 6.07) is 0. The van der Waals surface area contributed by atoms with Gasteiger partial charge in [-0.15, -0.1) is 0 Å². The molecule has 0 amide bonds. The predicted molar refractivity (Wildman–Crippen MR) is 50.0 cm³/mol. The van der Waals surface area contributed by atoms with Crippen LogP contribution in [0.3, 0.4) is 0 Å². The highest BCUT2D eigenvalue weighted by atomic mass is 16.4. The zero-order valence-corrected chi connectivity index (χ0v) is 8.08. The molecule has 1 unspecified atom stereocenters. The minimum atomic E-state index is -0.855. The molecule has 0 saturated heterocycles. The highest BCUT2D eigenvalue weighted by Crippen LogP contribution is 2.12. The number of hydrogen-bond acceptors (Lipinski definition) is 1. The molecule has 0 fully saturated rings. The Labute approximate surface area is 74.3 Å². The standard InChI is InChI=1S/C10H18O2/c1-8(2)4-5-9(3)6-7-10(11)12/h6-9H,4-5H2,1-3H3,(H,11,12). The molecule has 2 nitrogen and oxygen atoms in total. The highest BCUT2D eigenvalue weighted by molar-refractivity contribution is 5.79. The van der Waals surface area contributed by atoms with E-state index >= 15 is 0 Å². The fourth-order valence-electron chi connectivity index (χ4n) is 0.939. The molecule has 70 valence electrons. The fourth-order valence-corrected chi connectivity index (χ4v) is 0.939. The molecule has 0 saturated carbocycles. The van der Waals surface area contributed by atoms with Crippen LogP contribution in [0.5, 0.6) is 0 Å². The van der Waals surface area contributed by atoms with E-state index in [0.29, 0.717) is 11.8 Å². The molecule has 0 rings (SSSR count). The van der Waals surface area contributed by atoms with Crippen molar-refractivity contribution in [2.75, 3.05) is 0 Å². The van der Waals surface area contributed by atoms with Crippen molar-refractivity contribution in [3.63, 3.8) is 0 Å². The van der Waals surface area contributed by atoms with E-state index in [-0.39, 0.29) is 0 Å². The van der Waals surface area contributed by atoms with E-state index in [1.165, 1.54) is 6.08 Å². The Kier molecular flexibility index (Phi) is 5.43. The number of aliphatic carboxylic acids is 1. The van der Waals surface area contributed by atoms with Gasteiger partial charge in [0.1, 0.15) is 0 Å². The van der Waals surface area contributed by atoms with Gasteiger partial charge in [0.15, 0.2) is 0 Å². The van der Waals surface area contributed by atoms with Gasteiger partial charge in [-0.1, -0.05) is 33.3 Å². The number of rotatable bonds is 5. The van der Waals surface area contributed by atoms with Crippen LogP contribution in [0.15, 0.2) is 12.2 Å². The summed E-state index contributed by atoms with van der Waals surface area (Å²) < 4.78 is 0. The van der Waals surface area contributed by atoms with Crippen molar-refractivity contribution in [2.24, 2.45) is 11.8 Å². The maximum atomic E-state index is 10.2. The molecule has 0 aliphatic rings. The molecule has 1 atom stereocenters. The van der Waals surface area contributed by atoms with E-state index < -0.39 is 5.97 Å². The van der Waals surface area contributed by atoms with Crippen molar-refractivity contribution < 1.29 is 9.90 Å². The van der Waals surface area contributed by atoms with E-state index in [4.69, 9.17) is 5.11 Å². The molecule has 0 aromatic carbocycles. The first-order valence-corrected chi connectivity index (χ1v) is 4.43. The van der Waals surface area contributed by atoms with Crippen LogP contribution in [-0.2, 0) is 4.79 Å². The molecular formula is C10H18O2. The summed E-state index contributed by atoms with van der Waals surface area (Å²) >= 11 is 0.